The third kappa shape index (κ3) is 5.18. The fourth-order valence-corrected chi connectivity index (χ4v) is 6.11. The number of carboxylic acid groups (broad SMARTS) is 1. The number of anilines is 3. The summed E-state index contributed by atoms with van der Waals surface area (Å²) >= 11 is 6.25. The summed E-state index contributed by atoms with van der Waals surface area (Å²) in [5.74, 6) is -0.0848. The number of H-pyrrole nitrogens is 1. The average molecular weight is 545 g/mol. The van der Waals surface area contributed by atoms with Crippen LogP contribution in [0.1, 0.15) is 18.4 Å². The largest absolute Gasteiger partial charge is 0.465 e. The number of aromatic amines is 1. The molecule has 0 saturated carbocycles. The van der Waals surface area contributed by atoms with Gasteiger partial charge in [0, 0.05) is 24.3 Å². The van der Waals surface area contributed by atoms with E-state index in [2.05, 4.69) is 20.5 Å². The van der Waals surface area contributed by atoms with Gasteiger partial charge in [-0.05, 0) is 42.7 Å². The summed E-state index contributed by atoms with van der Waals surface area (Å²) in [5.41, 5.74) is 4.06. The highest BCUT2D eigenvalue weighted by Gasteiger charge is 2.36. The number of nitrogens with zero attached hydrogens (tertiary/aromatic N) is 3. The van der Waals surface area contributed by atoms with Gasteiger partial charge in [0.05, 0.1) is 20.7 Å². The van der Waals surface area contributed by atoms with E-state index in [1.54, 1.807) is 0 Å². The van der Waals surface area contributed by atoms with Crippen molar-refractivity contribution >= 4 is 45.1 Å². The monoisotopic (exact) mass is 544 g/mol. The molecule has 1 aromatic heterocycles. The smallest absolute Gasteiger partial charge is 0.417 e. The maximum Gasteiger partial charge on any atom is 0.417 e. The standard InChI is InChI=1S/C21H20ClF3N6O4S/c22-16-9-12(27-19-28-18(26)29-30-19)8-15(21(23,24)25)17(16)11-3-5-13(6-4-11)36(34,35)14-2-1-7-31(10-14)20(32)33/h3-6,8-9,14H,1-2,7,10H2,(H,32,33)(H4,26,27,28,29,30). The first-order valence-electron chi connectivity index (χ1n) is 10.5. The van der Waals surface area contributed by atoms with E-state index in [9.17, 15) is 31.5 Å². The van der Waals surface area contributed by atoms with E-state index in [4.69, 9.17) is 17.3 Å². The second kappa shape index (κ2) is 9.50. The molecule has 1 aliphatic rings. The molecule has 1 saturated heterocycles. The van der Waals surface area contributed by atoms with E-state index in [1.807, 2.05) is 0 Å². The summed E-state index contributed by atoms with van der Waals surface area (Å²) in [4.78, 5) is 15.9. The van der Waals surface area contributed by atoms with E-state index in [1.165, 1.54) is 30.3 Å². The summed E-state index contributed by atoms with van der Waals surface area (Å²) in [5, 5.41) is 16.7. The summed E-state index contributed by atoms with van der Waals surface area (Å²) in [6.45, 7) is 0.0713. The molecular formula is C21H20ClF3N6O4S. The van der Waals surface area contributed by atoms with Gasteiger partial charge in [0.1, 0.15) is 0 Å². The Labute approximate surface area is 208 Å². The lowest BCUT2D eigenvalue weighted by atomic mass is 9.98. The fourth-order valence-electron chi connectivity index (χ4n) is 4.02. The Bertz CT molecular complexity index is 1400. The number of nitrogens with two attached hydrogens (primary N) is 1. The van der Waals surface area contributed by atoms with Gasteiger partial charge >= 0.3 is 12.3 Å². The van der Waals surface area contributed by atoms with Crippen LogP contribution in [0, 0.1) is 0 Å². The van der Waals surface area contributed by atoms with Gasteiger partial charge < -0.3 is 21.1 Å². The van der Waals surface area contributed by atoms with Crippen molar-refractivity contribution < 1.29 is 31.5 Å². The Morgan fingerprint density at radius 1 is 1.25 bits per heavy atom. The molecule has 10 nitrogen and oxygen atoms in total. The van der Waals surface area contributed by atoms with Crippen molar-refractivity contribution in [2.75, 3.05) is 24.1 Å². The number of nitrogens with one attached hydrogen (secondary N) is 2. The molecule has 2 aromatic carbocycles. The number of aromatic nitrogens is 3. The quantitative estimate of drug-likeness (QED) is 0.369. The van der Waals surface area contributed by atoms with Gasteiger partial charge in [0.15, 0.2) is 9.84 Å². The first-order chi connectivity index (χ1) is 16.9. The maximum atomic E-state index is 14.0. The molecule has 1 aliphatic heterocycles. The van der Waals surface area contributed by atoms with Crippen LogP contribution in [0.15, 0.2) is 41.3 Å². The zero-order valence-electron chi connectivity index (χ0n) is 18.4. The van der Waals surface area contributed by atoms with E-state index >= 15 is 0 Å². The van der Waals surface area contributed by atoms with Gasteiger partial charge in [-0.3, -0.25) is 0 Å². The lowest BCUT2D eigenvalue weighted by molar-refractivity contribution is -0.137. The topological polar surface area (TPSA) is 154 Å². The number of likely N-dealkylation sites (tertiary alicyclic amines) is 1. The minimum atomic E-state index is -4.79. The molecule has 1 fully saturated rings. The molecule has 36 heavy (non-hydrogen) atoms. The van der Waals surface area contributed by atoms with Gasteiger partial charge in [-0.25, -0.2) is 18.3 Å². The number of rotatable bonds is 5. The SMILES string of the molecule is Nc1nc(Nc2cc(Cl)c(-c3ccc(S(=O)(=O)C4CCCN(C(=O)O)C4)cc3)c(C(F)(F)F)c2)n[nH]1. The predicted octanol–water partition coefficient (Wildman–Crippen LogP) is 4.39. The molecule has 1 atom stereocenters. The van der Waals surface area contributed by atoms with Crippen molar-refractivity contribution in [3.63, 3.8) is 0 Å². The number of piperidine rings is 1. The average Bonchev–Trinajstić information content (AvgIpc) is 3.22. The van der Waals surface area contributed by atoms with E-state index in [0.717, 1.165) is 11.0 Å². The van der Waals surface area contributed by atoms with Crippen LogP contribution in [-0.2, 0) is 16.0 Å². The van der Waals surface area contributed by atoms with Crippen molar-refractivity contribution in [1.82, 2.24) is 20.1 Å². The summed E-state index contributed by atoms with van der Waals surface area (Å²) in [6.07, 6.45) is -5.33. The number of halogens is 4. The summed E-state index contributed by atoms with van der Waals surface area (Å²) < 4.78 is 68.0. The van der Waals surface area contributed by atoms with Crippen LogP contribution in [0.3, 0.4) is 0 Å². The van der Waals surface area contributed by atoms with Crippen LogP contribution in [0.25, 0.3) is 11.1 Å². The molecule has 4 rings (SSSR count). The van der Waals surface area contributed by atoms with Crippen LogP contribution in [0.2, 0.25) is 5.02 Å². The fraction of sp³-hybridized carbons (Fsp3) is 0.286. The van der Waals surface area contributed by atoms with Gasteiger partial charge in [-0.1, -0.05) is 23.7 Å². The molecule has 0 aliphatic carbocycles. The van der Waals surface area contributed by atoms with Crippen LogP contribution in [0.5, 0.6) is 0 Å². The first kappa shape index (κ1) is 25.6. The van der Waals surface area contributed by atoms with E-state index in [-0.39, 0.29) is 58.1 Å². The van der Waals surface area contributed by atoms with Crippen molar-refractivity contribution in [1.29, 1.82) is 0 Å². The number of nitrogen functional groups attached to an aromatic ring is 1. The van der Waals surface area contributed by atoms with E-state index in [0.29, 0.717) is 6.42 Å². The lowest BCUT2D eigenvalue weighted by Crippen LogP contribution is -2.44. The molecule has 3 aromatic rings. The number of carbonyl (C=O) groups is 1. The Morgan fingerprint density at radius 3 is 2.53 bits per heavy atom. The molecule has 2 heterocycles. The minimum Gasteiger partial charge on any atom is -0.465 e. The zero-order valence-corrected chi connectivity index (χ0v) is 20.0. The van der Waals surface area contributed by atoms with Crippen molar-refractivity contribution in [3.8, 4) is 11.1 Å². The van der Waals surface area contributed by atoms with Crippen molar-refractivity contribution in [2.24, 2.45) is 0 Å². The van der Waals surface area contributed by atoms with Gasteiger partial charge in [0.25, 0.3) is 0 Å². The normalized spacial score (nSPS) is 16.7. The second-order valence-electron chi connectivity index (χ2n) is 8.11. The third-order valence-corrected chi connectivity index (χ3v) is 8.20. The van der Waals surface area contributed by atoms with Gasteiger partial charge in [0.2, 0.25) is 11.9 Å². The predicted molar refractivity (Wildman–Crippen MR) is 126 cm³/mol. The Kier molecular flexibility index (Phi) is 6.75. The maximum absolute atomic E-state index is 14.0. The number of amides is 1. The highest BCUT2D eigenvalue weighted by atomic mass is 35.5. The second-order valence-corrected chi connectivity index (χ2v) is 10.7. The summed E-state index contributed by atoms with van der Waals surface area (Å²) in [6, 6.07) is 6.97. The van der Waals surface area contributed by atoms with E-state index < -0.39 is 32.9 Å². The summed E-state index contributed by atoms with van der Waals surface area (Å²) in [7, 11) is -3.91. The third-order valence-electron chi connectivity index (χ3n) is 5.71. The van der Waals surface area contributed by atoms with Crippen LogP contribution >= 0.6 is 11.6 Å². The molecule has 15 heteroatoms. The number of benzene rings is 2. The number of hydrogen-bond donors (Lipinski definition) is 4. The Balaban J connectivity index is 1.67. The molecule has 192 valence electrons. The molecule has 0 bridgehead atoms. The lowest BCUT2D eigenvalue weighted by Gasteiger charge is -2.30. The number of alkyl halides is 3. The highest BCUT2D eigenvalue weighted by Crippen LogP contribution is 2.43. The zero-order chi connectivity index (χ0) is 26.3. The van der Waals surface area contributed by atoms with Crippen LogP contribution in [-0.4, -0.2) is 58.0 Å². The molecule has 5 N–H and O–H groups in total. The molecular weight excluding hydrogens is 525 g/mol. The molecule has 1 unspecified atom stereocenters. The van der Waals surface area contributed by atoms with Crippen LogP contribution in [0.4, 0.5) is 35.5 Å². The Morgan fingerprint density at radius 2 is 1.94 bits per heavy atom. The van der Waals surface area contributed by atoms with Crippen molar-refractivity contribution in [2.45, 2.75) is 29.2 Å². The molecule has 1 amide bonds. The Hall–Kier alpha value is -3.52. The number of sulfone groups is 1. The van der Waals surface area contributed by atoms with Gasteiger partial charge in [-0.15, -0.1) is 5.10 Å². The number of hydrogen-bond acceptors (Lipinski definition) is 7. The van der Waals surface area contributed by atoms with Gasteiger partial charge in [-0.2, -0.15) is 18.2 Å². The minimum absolute atomic E-state index is 0.0322. The first-order valence-corrected chi connectivity index (χ1v) is 12.5. The van der Waals surface area contributed by atoms with Crippen LogP contribution < -0.4 is 11.1 Å². The molecule has 0 radical (unpaired) electrons. The highest BCUT2D eigenvalue weighted by molar-refractivity contribution is 7.92. The van der Waals surface area contributed by atoms with Crippen molar-refractivity contribution in [3.05, 3.63) is 47.0 Å². The molecule has 0 spiro atoms.